The Morgan fingerprint density at radius 1 is 1.48 bits per heavy atom. The van der Waals surface area contributed by atoms with E-state index in [1.165, 1.54) is 11.8 Å². The van der Waals surface area contributed by atoms with E-state index in [1.807, 2.05) is 13.0 Å². The number of rotatable bonds is 7. The van der Waals surface area contributed by atoms with E-state index in [0.29, 0.717) is 28.8 Å². The Kier molecular flexibility index (Phi) is 8.71. The molecule has 1 amide bonds. The van der Waals surface area contributed by atoms with Crippen LogP contribution in [0.3, 0.4) is 0 Å². The van der Waals surface area contributed by atoms with Gasteiger partial charge in [0.25, 0.3) is 5.91 Å². The lowest BCUT2D eigenvalue weighted by Gasteiger charge is -2.16. The van der Waals surface area contributed by atoms with Crippen LogP contribution in [0.1, 0.15) is 34.7 Å². The Labute approximate surface area is 163 Å². The molecule has 1 aliphatic carbocycles. The van der Waals surface area contributed by atoms with E-state index in [-0.39, 0.29) is 36.8 Å². The van der Waals surface area contributed by atoms with Crippen molar-refractivity contribution in [3.05, 3.63) is 41.4 Å². The number of pyridine rings is 1. The average Bonchev–Trinajstić information content (AvgIpc) is 3.32. The van der Waals surface area contributed by atoms with Crippen molar-refractivity contribution in [3.8, 4) is 0 Å². The van der Waals surface area contributed by atoms with Gasteiger partial charge in [0.15, 0.2) is 0 Å². The van der Waals surface area contributed by atoms with Gasteiger partial charge in [-0.15, -0.1) is 24.8 Å². The van der Waals surface area contributed by atoms with Crippen molar-refractivity contribution in [3.63, 3.8) is 0 Å². The van der Waals surface area contributed by atoms with Crippen LogP contribution in [0.25, 0.3) is 0 Å². The molecule has 1 fully saturated rings. The van der Waals surface area contributed by atoms with Gasteiger partial charge in [0.05, 0.1) is 11.3 Å². The number of nitrogens with two attached hydrogens (primary N) is 1. The summed E-state index contributed by atoms with van der Waals surface area (Å²) in [6.45, 7) is 2.32. The quantitative estimate of drug-likeness (QED) is 0.688. The van der Waals surface area contributed by atoms with E-state index >= 15 is 0 Å². The highest BCUT2D eigenvalue weighted by Gasteiger charge is 2.31. The lowest BCUT2D eigenvalue weighted by atomic mass is 10.1. The molecule has 1 unspecified atom stereocenters. The minimum absolute atomic E-state index is 0. The minimum Gasteiger partial charge on any atom is -0.361 e. The highest BCUT2D eigenvalue weighted by atomic mass is 35.5. The smallest absolute Gasteiger partial charge is 0.254 e. The fraction of sp³-hybridized carbons (Fsp3) is 0.438. The molecule has 0 bridgehead atoms. The third kappa shape index (κ3) is 5.88. The first-order valence-corrected chi connectivity index (χ1v) is 8.67. The number of thioether (sulfide) groups is 1. The maximum atomic E-state index is 12.5. The maximum absolute atomic E-state index is 12.5. The predicted molar refractivity (Wildman–Crippen MR) is 103 cm³/mol. The van der Waals surface area contributed by atoms with Gasteiger partial charge < -0.3 is 15.6 Å². The van der Waals surface area contributed by atoms with Gasteiger partial charge in [0, 0.05) is 30.6 Å². The first-order valence-electron chi connectivity index (χ1n) is 7.68. The van der Waals surface area contributed by atoms with Gasteiger partial charge in [0.1, 0.15) is 10.8 Å². The van der Waals surface area contributed by atoms with Gasteiger partial charge in [-0.05, 0) is 37.8 Å². The highest BCUT2D eigenvalue weighted by molar-refractivity contribution is 7.98. The van der Waals surface area contributed by atoms with Gasteiger partial charge in [-0.25, -0.2) is 4.98 Å². The van der Waals surface area contributed by atoms with Crippen LogP contribution in [0.5, 0.6) is 0 Å². The van der Waals surface area contributed by atoms with Crippen molar-refractivity contribution in [1.29, 1.82) is 0 Å². The molecule has 0 saturated heterocycles. The largest absolute Gasteiger partial charge is 0.361 e. The first-order chi connectivity index (χ1) is 11.2. The van der Waals surface area contributed by atoms with Crippen LogP contribution >= 0.6 is 36.6 Å². The number of amides is 1. The standard InChI is InChI=1S/C16H20N4O2S.2ClH/c1-10-7-12(20-22-10)9-23-16-13(3-2-6-18-16)15(21)19-14(8-17)11-4-5-11;;/h2-3,6-7,11,14H,4-5,8-9,17H2,1H3,(H,19,21);2*1H. The molecular weight excluding hydrogens is 383 g/mol. The number of halogens is 2. The summed E-state index contributed by atoms with van der Waals surface area (Å²) in [5, 5.41) is 7.69. The molecule has 3 N–H and O–H groups in total. The molecule has 2 aromatic heterocycles. The Morgan fingerprint density at radius 2 is 2.24 bits per heavy atom. The third-order valence-electron chi connectivity index (χ3n) is 3.81. The summed E-state index contributed by atoms with van der Waals surface area (Å²) < 4.78 is 5.05. The van der Waals surface area contributed by atoms with Crippen molar-refractivity contribution in [2.75, 3.05) is 6.54 Å². The molecule has 0 aliphatic heterocycles. The second kappa shape index (κ2) is 10.0. The van der Waals surface area contributed by atoms with Gasteiger partial charge in [-0.1, -0.05) is 16.9 Å². The molecule has 0 spiro atoms. The Hall–Kier alpha value is -1.28. The van der Waals surface area contributed by atoms with Crippen LogP contribution < -0.4 is 11.1 Å². The van der Waals surface area contributed by atoms with Crippen molar-refractivity contribution >= 4 is 42.5 Å². The van der Waals surface area contributed by atoms with Crippen LogP contribution in [0.2, 0.25) is 0 Å². The molecule has 1 saturated carbocycles. The van der Waals surface area contributed by atoms with Gasteiger partial charge >= 0.3 is 0 Å². The SMILES string of the molecule is Cc1cc(CSc2ncccc2C(=O)NC(CN)C2CC2)no1.Cl.Cl. The van der Waals surface area contributed by atoms with Crippen LogP contribution in [-0.2, 0) is 5.75 Å². The second-order valence-corrected chi connectivity index (χ2v) is 6.69. The molecule has 2 aromatic rings. The monoisotopic (exact) mass is 404 g/mol. The molecule has 6 nitrogen and oxygen atoms in total. The van der Waals surface area contributed by atoms with Crippen LogP contribution in [0, 0.1) is 12.8 Å². The zero-order chi connectivity index (χ0) is 16.2. The molecular formula is C16H22Cl2N4O2S. The molecule has 9 heteroatoms. The summed E-state index contributed by atoms with van der Waals surface area (Å²) in [6.07, 6.45) is 3.97. The normalized spacial score (nSPS) is 14.2. The van der Waals surface area contributed by atoms with Crippen molar-refractivity contribution in [1.82, 2.24) is 15.5 Å². The number of aromatic nitrogens is 2. The summed E-state index contributed by atoms with van der Waals surface area (Å²) in [5.74, 6) is 1.79. The summed E-state index contributed by atoms with van der Waals surface area (Å²) in [6, 6.07) is 5.50. The molecule has 3 rings (SSSR count). The van der Waals surface area contributed by atoms with Crippen LogP contribution in [0.4, 0.5) is 0 Å². The Bertz CT molecular complexity index is 694. The van der Waals surface area contributed by atoms with E-state index < -0.39 is 0 Å². The van der Waals surface area contributed by atoms with E-state index in [2.05, 4.69) is 15.5 Å². The topological polar surface area (TPSA) is 94.0 Å². The van der Waals surface area contributed by atoms with E-state index in [9.17, 15) is 4.79 Å². The second-order valence-electron chi connectivity index (χ2n) is 5.73. The lowest BCUT2D eigenvalue weighted by molar-refractivity contribution is 0.0930. The summed E-state index contributed by atoms with van der Waals surface area (Å²) >= 11 is 1.47. The molecule has 25 heavy (non-hydrogen) atoms. The first kappa shape index (κ1) is 21.8. The molecule has 1 aliphatic rings. The van der Waals surface area contributed by atoms with E-state index in [4.69, 9.17) is 10.3 Å². The van der Waals surface area contributed by atoms with E-state index in [0.717, 1.165) is 24.3 Å². The minimum atomic E-state index is -0.112. The van der Waals surface area contributed by atoms with Crippen LogP contribution in [-0.4, -0.2) is 28.6 Å². The molecule has 0 aromatic carbocycles. The molecule has 0 radical (unpaired) electrons. The fourth-order valence-corrected chi connectivity index (χ4v) is 3.29. The number of hydrogen-bond donors (Lipinski definition) is 2. The zero-order valence-electron chi connectivity index (χ0n) is 13.8. The number of nitrogens with one attached hydrogen (secondary N) is 1. The predicted octanol–water partition coefficient (Wildman–Crippen LogP) is 2.98. The van der Waals surface area contributed by atoms with E-state index in [1.54, 1.807) is 18.3 Å². The Morgan fingerprint density at radius 3 is 2.84 bits per heavy atom. The summed E-state index contributed by atoms with van der Waals surface area (Å²) in [7, 11) is 0. The third-order valence-corrected chi connectivity index (χ3v) is 4.85. The average molecular weight is 405 g/mol. The molecule has 1 atom stereocenters. The van der Waals surface area contributed by atoms with Crippen molar-refractivity contribution in [2.45, 2.75) is 36.6 Å². The van der Waals surface area contributed by atoms with Crippen LogP contribution in [0.15, 0.2) is 33.9 Å². The van der Waals surface area contributed by atoms with Crippen molar-refractivity contribution < 1.29 is 9.32 Å². The number of hydrogen-bond acceptors (Lipinski definition) is 6. The number of aryl methyl sites for hydroxylation is 1. The fourth-order valence-electron chi connectivity index (χ4n) is 2.42. The number of carbonyl (C=O) groups is 1. The number of carbonyl (C=O) groups excluding carboxylic acids is 1. The number of nitrogens with zero attached hydrogens (tertiary/aromatic N) is 2. The summed E-state index contributed by atoms with van der Waals surface area (Å²) in [5.41, 5.74) is 7.18. The summed E-state index contributed by atoms with van der Waals surface area (Å²) in [4.78, 5) is 16.9. The van der Waals surface area contributed by atoms with Gasteiger partial charge in [0.2, 0.25) is 0 Å². The lowest BCUT2D eigenvalue weighted by Crippen LogP contribution is -2.41. The highest BCUT2D eigenvalue weighted by Crippen LogP contribution is 2.32. The Balaban J connectivity index is 0.00000156. The molecule has 2 heterocycles. The van der Waals surface area contributed by atoms with Crippen molar-refractivity contribution in [2.24, 2.45) is 11.7 Å². The molecule has 138 valence electrons. The zero-order valence-corrected chi connectivity index (χ0v) is 16.3. The maximum Gasteiger partial charge on any atom is 0.254 e. The van der Waals surface area contributed by atoms with Gasteiger partial charge in [-0.3, -0.25) is 4.79 Å². The van der Waals surface area contributed by atoms with Gasteiger partial charge in [-0.2, -0.15) is 0 Å².